The molecule has 3 aromatic rings. The average Bonchev–Trinajstić information content (AvgIpc) is 3.02. The van der Waals surface area contributed by atoms with Crippen LogP contribution in [0.1, 0.15) is 18.5 Å². The number of halogens is 1. The molecule has 4 heterocycles. The molecule has 0 atom stereocenters. The molecule has 0 aliphatic carbocycles. The Kier molecular flexibility index (Phi) is 4.44. The molecule has 1 aliphatic heterocycles. The van der Waals surface area contributed by atoms with Gasteiger partial charge in [-0.1, -0.05) is 11.6 Å². The Bertz CT molecular complexity index is 873. The van der Waals surface area contributed by atoms with Crippen molar-refractivity contribution in [2.75, 3.05) is 24.6 Å². The zero-order chi connectivity index (χ0) is 17.2. The molecular weight excluding hydrogens is 338 g/mol. The summed E-state index contributed by atoms with van der Waals surface area (Å²) in [6.07, 6.45) is 9.15. The summed E-state index contributed by atoms with van der Waals surface area (Å²) in [5.41, 5.74) is 2.07. The molecule has 7 heteroatoms. The molecule has 25 heavy (non-hydrogen) atoms. The van der Waals surface area contributed by atoms with Crippen LogP contribution in [-0.2, 0) is 0 Å². The normalized spacial score (nSPS) is 15.7. The van der Waals surface area contributed by atoms with Crippen LogP contribution in [0.15, 0.2) is 36.9 Å². The first-order valence-electron chi connectivity index (χ1n) is 8.49. The molecule has 0 N–H and O–H groups in total. The third kappa shape index (κ3) is 3.39. The van der Waals surface area contributed by atoms with Gasteiger partial charge in [-0.05, 0) is 31.7 Å². The molecule has 0 amide bonds. The van der Waals surface area contributed by atoms with Crippen LogP contribution in [0.25, 0.3) is 5.52 Å². The third-order valence-electron chi connectivity index (χ3n) is 4.62. The molecule has 1 aliphatic rings. The maximum Gasteiger partial charge on any atom is 0.154 e. The number of ether oxygens (including phenoxy) is 1. The number of rotatable bonds is 4. The number of nitrogens with zero attached hydrogens (tertiary/aromatic N) is 5. The largest absolute Gasteiger partial charge is 0.492 e. The van der Waals surface area contributed by atoms with Crippen LogP contribution in [0.3, 0.4) is 0 Å². The third-order valence-corrected chi connectivity index (χ3v) is 4.90. The van der Waals surface area contributed by atoms with Crippen molar-refractivity contribution in [3.63, 3.8) is 0 Å². The van der Waals surface area contributed by atoms with Crippen LogP contribution in [-0.4, -0.2) is 39.3 Å². The first kappa shape index (κ1) is 16.1. The van der Waals surface area contributed by atoms with Gasteiger partial charge >= 0.3 is 0 Å². The van der Waals surface area contributed by atoms with Gasteiger partial charge < -0.3 is 9.64 Å². The number of aryl methyl sites for hydroxylation is 1. The summed E-state index contributed by atoms with van der Waals surface area (Å²) in [5, 5.41) is 5.03. The molecule has 0 radical (unpaired) electrons. The lowest BCUT2D eigenvalue weighted by Gasteiger charge is -2.32. The molecule has 0 aromatic carbocycles. The van der Waals surface area contributed by atoms with Crippen molar-refractivity contribution >= 4 is 22.9 Å². The molecule has 0 unspecified atom stereocenters. The van der Waals surface area contributed by atoms with E-state index in [9.17, 15) is 0 Å². The van der Waals surface area contributed by atoms with Gasteiger partial charge in [0.15, 0.2) is 5.82 Å². The first-order chi connectivity index (χ1) is 12.2. The van der Waals surface area contributed by atoms with Gasteiger partial charge in [0, 0.05) is 43.9 Å². The lowest BCUT2D eigenvalue weighted by atomic mass is 9.98. The van der Waals surface area contributed by atoms with Gasteiger partial charge in [-0.15, -0.1) is 0 Å². The Morgan fingerprint density at radius 1 is 1.28 bits per heavy atom. The highest BCUT2D eigenvalue weighted by Gasteiger charge is 2.22. The second-order valence-corrected chi connectivity index (χ2v) is 6.82. The van der Waals surface area contributed by atoms with Crippen molar-refractivity contribution in [1.82, 2.24) is 19.6 Å². The fourth-order valence-electron chi connectivity index (χ4n) is 3.27. The van der Waals surface area contributed by atoms with Gasteiger partial charge in [0.2, 0.25) is 0 Å². The van der Waals surface area contributed by atoms with E-state index in [1.54, 1.807) is 12.4 Å². The SMILES string of the molecule is Cc1cc2c(N3CCC(COc4ccncc4Cl)CC3)nccn2n1. The predicted molar refractivity (Wildman–Crippen MR) is 97.4 cm³/mol. The minimum Gasteiger partial charge on any atom is -0.492 e. The number of fused-ring (bicyclic) bond motifs is 1. The average molecular weight is 358 g/mol. The molecule has 6 nitrogen and oxygen atoms in total. The van der Waals surface area contributed by atoms with E-state index in [1.165, 1.54) is 0 Å². The van der Waals surface area contributed by atoms with Gasteiger partial charge in [0.05, 0.1) is 12.3 Å². The molecule has 0 spiro atoms. The number of hydrogen-bond donors (Lipinski definition) is 0. The Labute approximate surface area is 151 Å². The van der Waals surface area contributed by atoms with Gasteiger partial charge in [0.25, 0.3) is 0 Å². The van der Waals surface area contributed by atoms with E-state index in [-0.39, 0.29) is 0 Å². The van der Waals surface area contributed by atoms with E-state index < -0.39 is 0 Å². The summed E-state index contributed by atoms with van der Waals surface area (Å²) >= 11 is 6.09. The van der Waals surface area contributed by atoms with Crippen LogP contribution >= 0.6 is 11.6 Å². The van der Waals surface area contributed by atoms with E-state index in [0.29, 0.717) is 23.3 Å². The number of aromatic nitrogens is 4. The molecular formula is C18H20ClN5O. The summed E-state index contributed by atoms with van der Waals surface area (Å²) < 4.78 is 7.77. The monoisotopic (exact) mass is 357 g/mol. The van der Waals surface area contributed by atoms with E-state index in [4.69, 9.17) is 16.3 Å². The smallest absolute Gasteiger partial charge is 0.154 e. The highest BCUT2D eigenvalue weighted by atomic mass is 35.5. The second kappa shape index (κ2) is 6.88. The Morgan fingerprint density at radius 2 is 2.12 bits per heavy atom. The van der Waals surface area contributed by atoms with Crippen molar-refractivity contribution in [2.24, 2.45) is 5.92 Å². The number of piperidine rings is 1. The summed E-state index contributed by atoms with van der Waals surface area (Å²) in [6.45, 7) is 4.62. The summed E-state index contributed by atoms with van der Waals surface area (Å²) in [5.74, 6) is 2.24. The van der Waals surface area contributed by atoms with Gasteiger partial charge in [0.1, 0.15) is 16.3 Å². The number of hydrogen-bond acceptors (Lipinski definition) is 5. The minimum atomic E-state index is 0.520. The Hall–Kier alpha value is -2.34. The number of anilines is 1. The lowest BCUT2D eigenvalue weighted by molar-refractivity contribution is 0.222. The summed E-state index contributed by atoms with van der Waals surface area (Å²) in [4.78, 5) is 10.9. The van der Waals surface area contributed by atoms with Gasteiger partial charge in [-0.25, -0.2) is 9.50 Å². The highest BCUT2D eigenvalue weighted by molar-refractivity contribution is 6.31. The molecule has 3 aromatic heterocycles. The maximum atomic E-state index is 6.09. The maximum absolute atomic E-state index is 6.09. The molecule has 0 bridgehead atoms. The topological polar surface area (TPSA) is 55.5 Å². The van der Waals surface area contributed by atoms with E-state index in [1.807, 2.05) is 29.9 Å². The molecule has 1 saturated heterocycles. The van der Waals surface area contributed by atoms with Crippen LogP contribution in [0.5, 0.6) is 5.75 Å². The standard InChI is InChI=1S/C18H20ClN5O/c1-13-10-16-18(21-6-9-24(16)22-13)23-7-3-14(4-8-23)12-25-17-2-5-20-11-15(17)19/h2,5-6,9-11,14H,3-4,7-8,12H2,1H3. The van der Waals surface area contributed by atoms with Crippen molar-refractivity contribution in [3.8, 4) is 5.75 Å². The van der Waals surface area contributed by atoms with E-state index >= 15 is 0 Å². The minimum absolute atomic E-state index is 0.520. The molecule has 4 rings (SSSR count). The fourth-order valence-corrected chi connectivity index (χ4v) is 3.45. The first-order valence-corrected chi connectivity index (χ1v) is 8.87. The second-order valence-electron chi connectivity index (χ2n) is 6.41. The summed E-state index contributed by atoms with van der Waals surface area (Å²) in [7, 11) is 0. The zero-order valence-electron chi connectivity index (χ0n) is 14.1. The Morgan fingerprint density at radius 3 is 2.92 bits per heavy atom. The van der Waals surface area contributed by atoms with Crippen molar-refractivity contribution in [2.45, 2.75) is 19.8 Å². The quantitative estimate of drug-likeness (QED) is 0.716. The zero-order valence-corrected chi connectivity index (χ0v) is 14.9. The number of pyridine rings is 1. The van der Waals surface area contributed by atoms with Crippen molar-refractivity contribution < 1.29 is 4.74 Å². The van der Waals surface area contributed by atoms with Gasteiger partial charge in [-0.3, -0.25) is 4.98 Å². The fraction of sp³-hybridized carbons (Fsp3) is 0.389. The van der Waals surface area contributed by atoms with Crippen LogP contribution in [0.4, 0.5) is 5.82 Å². The van der Waals surface area contributed by atoms with E-state index in [0.717, 1.165) is 43.0 Å². The van der Waals surface area contributed by atoms with Crippen molar-refractivity contribution in [1.29, 1.82) is 0 Å². The van der Waals surface area contributed by atoms with Crippen LogP contribution < -0.4 is 9.64 Å². The van der Waals surface area contributed by atoms with E-state index in [2.05, 4.69) is 26.0 Å². The Balaban J connectivity index is 1.39. The molecule has 1 fully saturated rings. The lowest BCUT2D eigenvalue weighted by Crippen LogP contribution is -2.36. The van der Waals surface area contributed by atoms with Crippen LogP contribution in [0, 0.1) is 12.8 Å². The predicted octanol–water partition coefficient (Wildman–Crippen LogP) is 3.38. The molecule has 0 saturated carbocycles. The summed E-state index contributed by atoms with van der Waals surface area (Å²) in [6, 6.07) is 3.90. The van der Waals surface area contributed by atoms with Crippen LogP contribution in [0.2, 0.25) is 5.02 Å². The van der Waals surface area contributed by atoms with Gasteiger partial charge in [-0.2, -0.15) is 5.10 Å². The molecule has 130 valence electrons. The van der Waals surface area contributed by atoms with Crippen molar-refractivity contribution in [3.05, 3.63) is 47.6 Å². The highest BCUT2D eigenvalue weighted by Crippen LogP contribution is 2.27.